The SMILES string of the molecule is NC1=NCc2ccc(C(=O)N3CCCCC(c4ccc(Cl)cc4)C3)cc21. The van der Waals surface area contributed by atoms with Gasteiger partial charge in [0.25, 0.3) is 5.91 Å². The molecular formula is C21H22ClN3O. The Balaban J connectivity index is 1.56. The maximum atomic E-state index is 13.1. The Morgan fingerprint density at radius 1 is 1.15 bits per heavy atom. The number of likely N-dealkylation sites (tertiary alicyclic amines) is 1. The molecule has 26 heavy (non-hydrogen) atoms. The summed E-state index contributed by atoms with van der Waals surface area (Å²) in [6, 6.07) is 13.8. The second-order valence-electron chi connectivity index (χ2n) is 7.07. The lowest BCUT2D eigenvalue weighted by molar-refractivity contribution is 0.0754. The van der Waals surface area contributed by atoms with E-state index in [9.17, 15) is 4.79 Å². The van der Waals surface area contributed by atoms with Gasteiger partial charge in [-0.2, -0.15) is 0 Å². The number of halogens is 1. The minimum Gasteiger partial charge on any atom is -0.383 e. The summed E-state index contributed by atoms with van der Waals surface area (Å²) >= 11 is 6.02. The van der Waals surface area contributed by atoms with Crippen LogP contribution in [0.15, 0.2) is 47.5 Å². The summed E-state index contributed by atoms with van der Waals surface area (Å²) in [6.07, 6.45) is 3.25. The molecule has 0 aromatic heterocycles. The van der Waals surface area contributed by atoms with Crippen molar-refractivity contribution in [3.8, 4) is 0 Å². The summed E-state index contributed by atoms with van der Waals surface area (Å²) in [7, 11) is 0. The van der Waals surface area contributed by atoms with Crippen LogP contribution >= 0.6 is 11.6 Å². The van der Waals surface area contributed by atoms with E-state index in [1.807, 2.05) is 35.2 Å². The number of hydrogen-bond acceptors (Lipinski definition) is 3. The third-order valence-corrected chi connectivity index (χ3v) is 5.60. The van der Waals surface area contributed by atoms with Gasteiger partial charge < -0.3 is 10.6 Å². The zero-order valence-electron chi connectivity index (χ0n) is 14.6. The summed E-state index contributed by atoms with van der Waals surface area (Å²) in [6.45, 7) is 2.14. The maximum Gasteiger partial charge on any atom is 0.253 e. The van der Waals surface area contributed by atoms with Crippen LogP contribution in [0, 0.1) is 0 Å². The molecule has 2 aromatic rings. The van der Waals surface area contributed by atoms with Crippen LogP contribution in [0.5, 0.6) is 0 Å². The van der Waals surface area contributed by atoms with Crippen molar-refractivity contribution in [1.82, 2.24) is 4.90 Å². The van der Waals surface area contributed by atoms with Crippen LogP contribution in [0.3, 0.4) is 0 Å². The molecule has 1 saturated heterocycles. The molecule has 1 atom stereocenters. The molecule has 5 heteroatoms. The number of aliphatic imine (C=N–C) groups is 1. The lowest BCUT2D eigenvalue weighted by Gasteiger charge is -2.25. The molecule has 134 valence electrons. The summed E-state index contributed by atoms with van der Waals surface area (Å²) in [5, 5.41) is 0.743. The minimum atomic E-state index is 0.0772. The van der Waals surface area contributed by atoms with Gasteiger partial charge in [-0.25, -0.2) is 0 Å². The molecule has 1 fully saturated rings. The number of amidine groups is 1. The normalized spacial score (nSPS) is 19.7. The number of nitrogens with two attached hydrogens (primary N) is 1. The predicted octanol–water partition coefficient (Wildman–Crippen LogP) is 3.97. The number of nitrogens with zero attached hydrogens (tertiary/aromatic N) is 2. The first-order valence-electron chi connectivity index (χ1n) is 9.10. The van der Waals surface area contributed by atoms with E-state index in [1.54, 1.807) is 0 Å². The minimum absolute atomic E-state index is 0.0772. The fraction of sp³-hybridized carbons (Fsp3) is 0.333. The first kappa shape index (κ1) is 17.1. The smallest absolute Gasteiger partial charge is 0.253 e. The molecule has 0 spiro atoms. The third kappa shape index (κ3) is 3.34. The van der Waals surface area contributed by atoms with Gasteiger partial charge in [-0.1, -0.05) is 36.2 Å². The van der Waals surface area contributed by atoms with Crippen molar-refractivity contribution in [3.63, 3.8) is 0 Å². The number of hydrogen-bond donors (Lipinski definition) is 1. The van der Waals surface area contributed by atoms with E-state index in [1.165, 1.54) is 5.56 Å². The summed E-state index contributed by atoms with van der Waals surface area (Å²) in [5.41, 5.74) is 9.88. The Morgan fingerprint density at radius 3 is 2.77 bits per heavy atom. The average molecular weight is 368 g/mol. The Morgan fingerprint density at radius 2 is 1.96 bits per heavy atom. The third-order valence-electron chi connectivity index (χ3n) is 5.35. The van der Waals surface area contributed by atoms with Gasteiger partial charge in [0.1, 0.15) is 5.84 Å². The van der Waals surface area contributed by atoms with Crippen LogP contribution in [0.25, 0.3) is 0 Å². The maximum absolute atomic E-state index is 13.1. The zero-order valence-corrected chi connectivity index (χ0v) is 15.4. The highest BCUT2D eigenvalue weighted by atomic mass is 35.5. The molecule has 2 heterocycles. The zero-order chi connectivity index (χ0) is 18.1. The summed E-state index contributed by atoms with van der Waals surface area (Å²) in [4.78, 5) is 19.3. The van der Waals surface area contributed by atoms with Crippen molar-refractivity contribution in [2.24, 2.45) is 10.7 Å². The molecule has 1 amide bonds. The van der Waals surface area contributed by atoms with Gasteiger partial charge in [0.2, 0.25) is 0 Å². The largest absolute Gasteiger partial charge is 0.383 e. The van der Waals surface area contributed by atoms with E-state index in [0.717, 1.165) is 48.5 Å². The monoisotopic (exact) mass is 367 g/mol. The van der Waals surface area contributed by atoms with Crippen molar-refractivity contribution in [2.75, 3.05) is 13.1 Å². The number of rotatable bonds is 2. The van der Waals surface area contributed by atoms with Crippen LogP contribution < -0.4 is 5.73 Å². The molecule has 0 bridgehead atoms. The Hall–Kier alpha value is -2.33. The topological polar surface area (TPSA) is 58.7 Å². The van der Waals surface area contributed by atoms with Gasteiger partial charge >= 0.3 is 0 Å². The van der Waals surface area contributed by atoms with Crippen LogP contribution in [0.4, 0.5) is 0 Å². The summed E-state index contributed by atoms with van der Waals surface area (Å²) < 4.78 is 0. The van der Waals surface area contributed by atoms with Crippen LogP contribution in [0.2, 0.25) is 5.02 Å². The number of fused-ring (bicyclic) bond motifs is 1. The lowest BCUT2D eigenvalue weighted by atomic mass is 9.94. The molecule has 0 aliphatic carbocycles. The quantitative estimate of drug-likeness (QED) is 0.873. The number of carbonyl (C=O) groups excluding carboxylic acids is 1. The molecule has 2 aromatic carbocycles. The molecule has 2 N–H and O–H groups in total. The fourth-order valence-electron chi connectivity index (χ4n) is 3.86. The van der Waals surface area contributed by atoms with Crippen molar-refractivity contribution in [3.05, 3.63) is 69.7 Å². The molecule has 2 aliphatic rings. The summed E-state index contributed by atoms with van der Waals surface area (Å²) in [5.74, 6) is 0.956. The molecule has 2 aliphatic heterocycles. The molecule has 0 saturated carbocycles. The second-order valence-corrected chi connectivity index (χ2v) is 7.51. The van der Waals surface area contributed by atoms with Gasteiger partial charge in [0.15, 0.2) is 0 Å². The molecule has 0 radical (unpaired) electrons. The molecular weight excluding hydrogens is 346 g/mol. The second kappa shape index (κ2) is 7.12. The first-order valence-corrected chi connectivity index (χ1v) is 9.47. The van der Waals surface area contributed by atoms with E-state index in [0.29, 0.717) is 23.9 Å². The fourth-order valence-corrected chi connectivity index (χ4v) is 3.98. The first-order chi connectivity index (χ1) is 12.6. The van der Waals surface area contributed by atoms with E-state index in [4.69, 9.17) is 17.3 Å². The van der Waals surface area contributed by atoms with E-state index < -0.39 is 0 Å². The van der Waals surface area contributed by atoms with Gasteiger partial charge in [-0.05, 0) is 48.2 Å². The van der Waals surface area contributed by atoms with Gasteiger partial charge in [-0.15, -0.1) is 0 Å². The van der Waals surface area contributed by atoms with Crippen molar-refractivity contribution >= 4 is 23.3 Å². The van der Waals surface area contributed by atoms with E-state index in [-0.39, 0.29) is 5.91 Å². The lowest BCUT2D eigenvalue weighted by Crippen LogP contribution is -2.34. The van der Waals surface area contributed by atoms with Gasteiger partial charge in [-0.3, -0.25) is 9.79 Å². The van der Waals surface area contributed by atoms with Crippen LogP contribution in [-0.2, 0) is 6.54 Å². The molecule has 4 rings (SSSR count). The predicted molar refractivity (Wildman–Crippen MR) is 105 cm³/mol. The standard InChI is InChI=1S/C21H22ClN3O/c22-18-8-6-14(7-9-18)17-3-1-2-10-25(13-17)21(26)15-4-5-16-12-24-20(23)19(16)11-15/h4-9,11,17H,1-3,10,12-13H2,(H2,23,24). The van der Waals surface area contributed by atoms with Crippen LogP contribution in [0.1, 0.15) is 52.2 Å². The van der Waals surface area contributed by atoms with Crippen molar-refractivity contribution in [2.45, 2.75) is 31.7 Å². The van der Waals surface area contributed by atoms with E-state index >= 15 is 0 Å². The highest BCUT2D eigenvalue weighted by Gasteiger charge is 2.25. The average Bonchev–Trinajstić information content (AvgIpc) is 2.87. The number of carbonyl (C=O) groups is 1. The number of amides is 1. The van der Waals surface area contributed by atoms with Gasteiger partial charge in [0.05, 0.1) is 6.54 Å². The van der Waals surface area contributed by atoms with Crippen molar-refractivity contribution < 1.29 is 4.79 Å². The number of benzene rings is 2. The highest BCUT2D eigenvalue weighted by molar-refractivity contribution is 6.30. The Bertz CT molecular complexity index is 860. The van der Waals surface area contributed by atoms with E-state index in [2.05, 4.69) is 17.1 Å². The Labute approximate surface area is 158 Å². The van der Waals surface area contributed by atoms with Crippen LogP contribution in [-0.4, -0.2) is 29.7 Å². The highest BCUT2D eigenvalue weighted by Crippen LogP contribution is 2.28. The molecule has 1 unspecified atom stereocenters. The Kier molecular flexibility index (Phi) is 4.68. The molecule has 4 nitrogen and oxygen atoms in total. The van der Waals surface area contributed by atoms with Crippen molar-refractivity contribution in [1.29, 1.82) is 0 Å². The van der Waals surface area contributed by atoms with Gasteiger partial charge in [0, 0.05) is 35.2 Å².